The average molecular weight is 442 g/mol. The Morgan fingerprint density at radius 2 is 1.44 bits per heavy atom. The molecule has 5 nitrogen and oxygen atoms in total. The fourth-order valence-corrected chi connectivity index (χ4v) is 4.15. The first kappa shape index (κ1) is 20.1. The summed E-state index contributed by atoms with van der Waals surface area (Å²) in [6, 6.07) is 27.2. The lowest BCUT2D eigenvalue weighted by Gasteiger charge is -2.09. The lowest BCUT2D eigenvalue weighted by molar-refractivity contribution is 0.415. The average Bonchev–Trinajstić information content (AvgIpc) is 3.25. The van der Waals surface area contributed by atoms with E-state index >= 15 is 0 Å². The third kappa shape index (κ3) is 3.37. The van der Waals surface area contributed by atoms with Gasteiger partial charge in [0.05, 0.1) is 35.5 Å². The van der Waals surface area contributed by atoms with Crippen LogP contribution in [0.1, 0.15) is 5.69 Å². The van der Waals surface area contributed by atoms with Crippen LogP contribution in [0.5, 0.6) is 5.75 Å². The highest BCUT2D eigenvalue weighted by Gasteiger charge is 2.22. The van der Waals surface area contributed by atoms with Crippen LogP contribution in [0.4, 0.5) is 0 Å². The SMILES string of the molecule is COc1ccc(-c2c(CCl)nc3c(-c4ccccc4)c(-c4ccccc4)[nH]n3c2=O)cc1. The van der Waals surface area contributed by atoms with Crippen molar-refractivity contribution >= 4 is 17.2 Å². The van der Waals surface area contributed by atoms with Gasteiger partial charge in [-0.2, -0.15) is 4.52 Å². The highest BCUT2D eigenvalue weighted by atomic mass is 35.5. The molecule has 6 heteroatoms. The predicted molar refractivity (Wildman–Crippen MR) is 128 cm³/mol. The summed E-state index contributed by atoms with van der Waals surface area (Å²) in [5.41, 5.74) is 5.73. The summed E-state index contributed by atoms with van der Waals surface area (Å²) in [6.07, 6.45) is 0. The maximum absolute atomic E-state index is 13.7. The fourth-order valence-electron chi connectivity index (χ4n) is 3.95. The number of halogens is 1. The number of ether oxygens (including phenoxy) is 1. The summed E-state index contributed by atoms with van der Waals surface area (Å²) in [7, 11) is 1.61. The number of alkyl halides is 1. The van der Waals surface area contributed by atoms with Crippen molar-refractivity contribution in [3.63, 3.8) is 0 Å². The molecule has 32 heavy (non-hydrogen) atoms. The zero-order chi connectivity index (χ0) is 22.1. The highest BCUT2D eigenvalue weighted by molar-refractivity contribution is 6.17. The minimum Gasteiger partial charge on any atom is -0.497 e. The quantitative estimate of drug-likeness (QED) is 0.352. The van der Waals surface area contributed by atoms with Crippen LogP contribution in [0.25, 0.3) is 39.2 Å². The second kappa shape index (κ2) is 8.36. The van der Waals surface area contributed by atoms with Gasteiger partial charge in [-0.25, -0.2) is 4.98 Å². The number of hydrogen-bond donors (Lipinski definition) is 1. The Morgan fingerprint density at radius 1 is 0.844 bits per heavy atom. The molecule has 0 saturated heterocycles. The summed E-state index contributed by atoms with van der Waals surface area (Å²) in [5.74, 6) is 0.834. The molecule has 0 saturated carbocycles. The summed E-state index contributed by atoms with van der Waals surface area (Å²) in [5, 5.41) is 3.31. The van der Waals surface area contributed by atoms with Crippen LogP contribution in [-0.4, -0.2) is 21.7 Å². The van der Waals surface area contributed by atoms with E-state index in [0.717, 1.165) is 27.9 Å². The summed E-state index contributed by atoms with van der Waals surface area (Å²) in [6.45, 7) is 0. The highest BCUT2D eigenvalue weighted by Crippen LogP contribution is 2.35. The van der Waals surface area contributed by atoms with Gasteiger partial charge in [-0.3, -0.25) is 9.89 Å². The van der Waals surface area contributed by atoms with Gasteiger partial charge in [-0.1, -0.05) is 72.8 Å². The fraction of sp³-hybridized carbons (Fsp3) is 0.0769. The van der Waals surface area contributed by atoms with Crippen LogP contribution in [0.2, 0.25) is 0 Å². The summed E-state index contributed by atoms with van der Waals surface area (Å²) >= 11 is 6.29. The molecule has 0 bridgehead atoms. The molecule has 0 spiro atoms. The van der Waals surface area contributed by atoms with E-state index in [1.54, 1.807) is 7.11 Å². The van der Waals surface area contributed by atoms with Gasteiger partial charge >= 0.3 is 0 Å². The zero-order valence-corrected chi connectivity index (χ0v) is 18.1. The van der Waals surface area contributed by atoms with Crippen molar-refractivity contribution < 1.29 is 4.74 Å². The molecule has 0 unspecified atom stereocenters. The number of aromatic nitrogens is 3. The molecule has 5 rings (SSSR count). The maximum atomic E-state index is 13.7. The minimum absolute atomic E-state index is 0.118. The molecule has 3 aromatic carbocycles. The van der Waals surface area contributed by atoms with Gasteiger partial charge in [0.2, 0.25) is 0 Å². The lowest BCUT2D eigenvalue weighted by Crippen LogP contribution is -2.20. The summed E-state index contributed by atoms with van der Waals surface area (Å²) < 4.78 is 6.76. The summed E-state index contributed by atoms with van der Waals surface area (Å²) in [4.78, 5) is 18.6. The van der Waals surface area contributed by atoms with Crippen molar-refractivity contribution in [1.82, 2.24) is 14.6 Å². The molecule has 0 fully saturated rings. The minimum atomic E-state index is -0.199. The molecule has 0 aliphatic heterocycles. The number of methoxy groups -OCH3 is 1. The molecule has 0 atom stereocenters. The van der Waals surface area contributed by atoms with E-state index < -0.39 is 0 Å². The zero-order valence-electron chi connectivity index (χ0n) is 17.4. The monoisotopic (exact) mass is 441 g/mol. The van der Waals surface area contributed by atoms with Crippen LogP contribution >= 0.6 is 11.6 Å². The van der Waals surface area contributed by atoms with Crippen molar-refractivity contribution in [2.45, 2.75) is 5.88 Å². The van der Waals surface area contributed by atoms with Gasteiger partial charge in [0.1, 0.15) is 5.75 Å². The van der Waals surface area contributed by atoms with Gasteiger partial charge in [0, 0.05) is 5.56 Å². The van der Waals surface area contributed by atoms with Gasteiger partial charge in [0.25, 0.3) is 5.56 Å². The number of benzene rings is 3. The third-order valence-electron chi connectivity index (χ3n) is 5.49. The molecule has 2 heterocycles. The van der Waals surface area contributed by atoms with Gasteiger partial charge in [-0.15, -0.1) is 11.6 Å². The van der Waals surface area contributed by atoms with E-state index in [0.29, 0.717) is 22.7 Å². The van der Waals surface area contributed by atoms with Gasteiger partial charge in [0.15, 0.2) is 5.65 Å². The van der Waals surface area contributed by atoms with Crippen molar-refractivity contribution in [3.05, 3.63) is 101 Å². The van der Waals surface area contributed by atoms with Crippen LogP contribution in [-0.2, 0) is 5.88 Å². The molecule has 5 aromatic rings. The Kier molecular flexibility index (Phi) is 5.25. The number of nitrogens with zero attached hydrogens (tertiary/aromatic N) is 2. The predicted octanol–water partition coefficient (Wildman–Crippen LogP) is 5.77. The Balaban J connectivity index is 1.84. The first-order valence-electron chi connectivity index (χ1n) is 10.2. The first-order chi connectivity index (χ1) is 15.7. The number of aromatic amines is 1. The number of rotatable bonds is 5. The number of fused-ring (bicyclic) bond motifs is 1. The molecule has 0 amide bonds. The first-order valence-corrected chi connectivity index (χ1v) is 10.7. The normalized spacial score (nSPS) is 11.1. The molecular weight excluding hydrogens is 422 g/mol. The molecule has 0 aliphatic carbocycles. The van der Waals surface area contributed by atoms with E-state index in [1.807, 2.05) is 84.9 Å². The number of nitrogens with one attached hydrogen (secondary N) is 1. The Labute approximate surface area is 189 Å². The second-order valence-corrected chi connectivity index (χ2v) is 7.62. The molecule has 158 valence electrons. The van der Waals surface area contributed by atoms with Crippen LogP contribution in [0.3, 0.4) is 0 Å². The van der Waals surface area contributed by atoms with Crippen LogP contribution in [0.15, 0.2) is 89.7 Å². The number of hydrogen-bond acceptors (Lipinski definition) is 3. The van der Waals surface area contributed by atoms with E-state index in [9.17, 15) is 4.79 Å². The van der Waals surface area contributed by atoms with Crippen LogP contribution in [0, 0.1) is 0 Å². The van der Waals surface area contributed by atoms with Crippen molar-refractivity contribution in [1.29, 1.82) is 0 Å². The van der Waals surface area contributed by atoms with Gasteiger partial charge < -0.3 is 4.74 Å². The lowest BCUT2D eigenvalue weighted by atomic mass is 10.0. The van der Waals surface area contributed by atoms with E-state index in [-0.39, 0.29) is 11.4 Å². The molecule has 1 N–H and O–H groups in total. The third-order valence-corrected chi connectivity index (χ3v) is 5.74. The second-order valence-electron chi connectivity index (χ2n) is 7.35. The van der Waals surface area contributed by atoms with Crippen molar-refractivity contribution in [2.75, 3.05) is 7.11 Å². The topological polar surface area (TPSA) is 59.4 Å². The Morgan fingerprint density at radius 3 is 2.03 bits per heavy atom. The Hall–Kier alpha value is -3.83. The van der Waals surface area contributed by atoms with E-state index in [4.69, 9.17) is 21.3 Å². The maximum Gasteiger partial charge on any atom is 0.280 e. The molecule has 0 radical (unpaired) electrons. The smallest absolute Gasteiger partial charge is 0.280 e. The van der Waals surface area contributed by atoms with Crippen molar-refractivity contribution in [2.24, 2.45) is 0 Å². The van der Waals surface area contributed by atoms with Crippen LogP contribution < -0.4 is 10.3 Å². The van der Waals surface area contributed by atoms with E-state index in [2.05, 4.69) is 5.10 Å². The molecule has 2 aromatic heterocycles. The Bertz CT molecular complexity index is 1440. The largest absolute Gasteiger partial charge is 0.497 e. The molecular formula is C26H20ClN3O2. The van der Waals surface area contributed by atoms with E-state index in [1.165, 1.54) is 4.52 Å². The van der Waals surface area contributed by atoms with Crippen molar-refractivity contribution in [3.8, 4) is 39.3 Å². The van der Waals surface area contributed by atoms with Gasteiger partial charge in [-0.05, 0) is 23.3 Å². The standard InChI is InChI=1S/C26H20ClN3O2/c1-32-20-14-12-18(13-15-20)22-21(16-27)28-25-23(17-8-4-2-5-9-17)24(29-30(25)26(22)31)19-10-6-3-7-11-19/h2-15,29H,16H2,1H3. The molecule has 0 aliphatic rings. The number of H-pyrrole nitrogens is 1.